The third kappa shape index (κ3) is 5.39. The average Bonchev–Trinajstić information content (AvgIpc) is 2.84. The normalized spacial score (nSPS) is 11.6. The van der Waals surface area contributed by atoms with Gasteiger partial charge in [0, 0.05) is 5.69 Å². The number of nitrogens with one attached hydrogen (secondary N) is 2. The van der Waals surface area contributed by atoms with Gasteiger partial charge < -0.3 is 15.4 Å². The lowest BCUT2D eigenvalue weighted by molar-refractivity contribution is -0.123. The molecule has 5 nitrogen and oxygen atoms in total. The molecular formula is C28H26N2O3. The Labute approximate surface area is 193 Å². The minimum Gasteiger partial charge on any atom is -0.483 e. The van der Waals surface area contributed by atoms with Gasteiger partial charge in [0.2, 0.25) is 0 Å². The molecule has 0 aromatic heterocycles. The standard InChI is InChI=1S/C28H26N2O3/c1-19-10-6-9-15-25(19)30-28(32)24-16-22-13-7-8-14-23(22)17-26(24)33-18-27(31)29-20(2)21-11-4-3-5-12-21/h3-17,20H,18H2,1-2H3,(H,29,31)(H,30,32)/t20-/m1/s1. The van der Waals surface area contributed by atoms with Crippen LogP contribution in [0, 0.1) is 6.92 Å². The smallest absolute Gasteiger partial charge is 0.259 e. The number of fused-ring (bicyclic) bond motifs is 1. The molecule has 0 aliphatic heterocycles. The van der Waals surface area contributed by atoms with Crippen LogP contribution < -0.4 is 15.4 Å². The summed E-state index contributed by atoms with van der Waals surface area (Å²) >= 11 is 0. The Hall–Kier alpha value is -4.12. The first-order valence-electron chi connectivity index (χ1n) is 10.9. The molecule has 0 saturated heterocycles. The summed E-state index contributed by atoms with van der Waals surface area (Å²) in [5, 5.41) is 7.74. The zero-order valence-corrected chi connectivity index (χ0v) is 18.7. The van der Waals surface area contributed by atoms with Crippen molar-refractivity contribution < 1.29 is 14.3 Å². The maximum absolute atomic E-state index is 13.1. The van der Waals surface area contributed by atoms with Crippen molar-refractivity contribution in [2.75, 3.05) is 11.9 Å². The van der Waals surface area contributed by atoms with Crippen LogP contribution in [-0.2, 0) is 4.79 Å². The van der Waals surface area contributed by atoms with E-state index in [2.05, 4.69) is 10.6 Å². The lowest BCUT2D eigenvalue weighted by Crippen LogP contribution is -2.31. The summed E-state index contributed by atoms with van der Waals surface area (Å²) in [4.78, 5) is 25.7. The van der Waals surface area contributed by atoms with Gasteiger partial charge >= 0.3 is 0 Å². The predicted octanol–water partition coefficient (Wildman–Crippen LogP) is 5.66. The van der Waals surface area contributed by atoms with Gasteiger partial charge in [-0.05, 0) is 53.9 Å². The summed E-state index contributed by atoms with van der Waals surface area (Å²) < 4.78 is 5.86. The number of amides is 2. The molecule has 0 fully saturated rings. The van der Waals surface area contributed by atoms with E-state index in [0.29, 0.717) is 11.3 Å². The van der Waals surface area contributed by atoms with Gasteiger partial charge in [-0.15, -0.1) is 0 Å². The van der Waals surface area contributed by atoms with Crippen molar-refractivity contribution >= 4 is 28.3 Å². The fourth-order valence-electron chi connectivity index (χ4n) is 3.67. The summed E-state index contributed by atoms with van der Waals surface area (Å²) in [6.07, 6.45) is 0. The molecule has 0 aliphatic carbocycles. The highest BCUT2D eigenvalue weighted by Crippen LogP contribution is 2.27. The lowest BCUT2D eigenvalue weighted by Gasteiger charge is -2.16. The van der Waals surface area contributed by atoms with Gasteiger partial charge in [-0.3, -0.25) is 9.59 Å². The van der Waals surface area contributed by atoms with Gasteiger partial charge in [-0.1, -0.05) is 72.8 Å². The van der Waals surface area contributed by atoms with E-state index in [1.807, 2.05) is 92.7 Å². The van der Waals surface area contributed by atoms with E-state index < -0.39 is 0 Å². The number of ether oxygens (including phenoxy) is 1. The maximum Gasteiger partial charge on any atom is 0.259 e. The first-order chi connectivity index (χ1) is 16.0. The Morgan fingerprint density at radius 3 is 2.21 bits per heavy atom. The molecule has 2 amide bonds. The van der Waals surface area contributed by atoms with Gasteiger partial charge in [0.1, 0.15) is 5.75 Å². The minimum absolute atomic E-state index is 0.150. The quantitative estimate of drug-likeness (QED) is 0.391. The zero-order valence-electron chi connectivity index (χ0n) is 18.7. The van der Waals surface area contributed by atoms with Gasteiger partial charge in [-0.2, -0.15) is 0 Å². The molecule has 4 aromatic carbocycles. The lowest BCUT2D eigenvalue weighted by atomic mass is 10.0. The molecule has 166 valence electrons. The Balaban J connectivity index is 1.53. The summed E-state index contributed by atoms with van der Waals surface area (Å²) in [6, 6.07) is 28.5. The summed E-state index contributed by atoms with van der Waals surface area (Å²) in [5.74, 6) is -0.185. The number of para-hydroxylation sites is 1. The van der Waals surface area contributed by atoms with Gasteiger partial charge in [0.05, 0.1) is 11.6 Å². The van der Waals surface area contributed by atoms with Crippen molar-refractivity contribution in [3.63, 3.8) is 0 Å². The minimum atomic E-state index is -0.289. The van der Waals surface area contributed by atoms with Crippen molar-refractivity contribution in [2.45, 2.75) is 19.9 Å². The van der Waals surface area contributed by atoms with Crippen molar-refractivity contribution in [3.05, 3.63) is 108 Å². The third-order valence-electron chi connectivity index (χ3n) is 5.52. The van der Waals surface area contributed by atoms with Crippen LogP contribution in [0.15, 0.2) is 91.0 Å². The van der Waals surface area contributed by atoms with Gasteiger partial charge in [0.15, 0.2) is 6.61 Å². The summed E-state index contributed by atoms with van der Waals surface area (Å²) in [5.41, 5.74) is 3.08. The van der Waals surface area contributed by atoms with Crippen LogP contribution in [0.4, 0.5) is 5.69 Å². The van der Waals surface area contributed by atoms with E-state index in [1.165, 1.54) is 0 Å². The SMILES string of the molecule is Cc1ccccc1NC(=O)c1cc2ccccc2cc1OCC(=O)N[C@H](C)c1ccccc1. The van der Waals surface area contributed by atoms with Crippen LogP contribution in [0.1, 0.15) is 34.5 Å². The van der Waals surface area contributed by atoms with E-state index in [4.69, 9.17) is 4.74 Å². The van der Waals surface area contributed by atoms with Crippen molar-refractivity contribution in [2.24, 2.45) is 0 Å². The average molecular weight is 439 g/mol. The molecular weight excluding hydrogens is 412 g/mol. The van der Waals surface area contributed by atoms with E-state index in [9.17, 15) is 9.59 Å². The Morgan fingerprint density at radius 2 is 1.48 bits per heavy atom. The molecule has 33 heavy (non-hydrogen) atoms. The van der Waals surface area contributed by atoms with Crippen LogP contribution in [0.5, 0.6) is 5.75 Å². The van der Waals surface area contributed by atoms with Crippen molar-refractivity contribution in [3.8, 4) is 5.75 Å². The summed E-state index contributed by atoms with van der Waals surface area (Å²) in [7, 11) is 0. The topological polar surface area (TPSA) is 67.4 Å². The molecule has 0 bridgehead atoms. The fraction of sp³-hybridized carbons (Fsp3) is 0.143. The molecule has 4 aromatic rings. The molecule has 0 aliphatic rings. The predicted molar refractivity (Wildman–Crippen MR) is 132 cm³/mol. The number of anilines is 1. The highest BCUT2D eigenvalue weighted by atomic mass is 16.5. The number of benzene rings is 4. The second-order valence-corrected chi connectivity index (χ2v) is 7.95. The monoisotopic (exact) mass is 438 g/mol. The number of carbonyl (C=O) groups excluding carboxylic acids is 2. The molecule has 1 atom stereocenters. The molecule has 0 saturated carbocycles. The van der Waals surface area contributed by atoms with E-state index >= 15 is 0 Å². The number of carbonyl (C=O) groups is 2. The second kappa shape index (κ2) is 10.0. The molecule has 2 N–H and O–H groups in total. The van der Waals surface area contributed by atoms with Crippen LogP contribution in [0.25, 0.3) is 10.8 Å². The first-order valence-corrected chi connectivity index (χ1v) is 10.9. The van der Waals surface area contributed by atoms with Crippen LogP contribution in [-0.4, -0.2) is 18.4 Å². The molecule has 4 rings (SSSR count). The second-order valence-electron chi connectivity index (χ2n) is 7.95. The van der Waals surface area contributed by atoms with Crippen molar-refractivity contribution in [1.82, 2.24) is 5.32 Å². The third-order valence-corrected chi connectivity index (χ3v) is 5.52. The van der Waals surface area contributed by atoms with Gasteiger partial charge in [-0.25, -0.2) is 0 Å². The number of hydrogen-bond acceptors (Lipinski definition) is 3. The number of aryl methyl sites for hydroxylation is 1. The maximum atomic E-state index is 13.1. The fourth-order valence-corrected chi connectivity index (χ4v) is 3.67. The Morgan fingerprint density at radius 1 is 0.848 bits per heavy atom. The Bertz CT molecular complexity index is 1280. The van der Waals surface area contributed by atoms with Crippen LogP contribution in [0.2, 0.25) is 0 Å². The Kier molecular flexibility index (Phi) is 6.69. The van der Waals surface area contributed by atoms with Gasteiger partial charge in [0.25, 0.3) is 11.8 Å². The van der Waals surface area contributed by atoms with E-state index in [0.717, 1.165) is 27.6 Å². The molecule has 5 heteroatoms. The molecule has 0 radical (unpaired) electrons. The largest absolute Gasteiger partial charge is 0.483 e. The number of rotatable bonds is 7. The molecule has 0 unspecified atom stereocenters. The first kappa shape index (κ1) is 22.1. The van der Waals surface area contributed by atoms with E-state index in [1.54, 1.807) is 12.1 Å². The van der Waals surface area contributed by atoms with Crippen LogP contribution in [0.3, 0.4) is 0 Å². The summed E-state index contributed by atoms with van der Waals surface area (Å²) in [6.45, 7) is 3.66. The highest BCUT2D eigenvalue weighted by molar-refractivity contribution is 6.09. The zero-order chi connectivity index (χ0) is 23.2. The van der Waals surface area contributed by atoms with E-state index in [-0.39, 0.29) is 24.5 Å². The highest BCUT2D eigenvalue weighted by Gasteiger charge is 2.17. The van der Waals surface area contributed by atoms with Crippen LogP contribution >= 0.6 is 0 Å². The molecule has 0 heterocycles. The van der Waals surface area contributed by atoms with Crippen molar-refractivity contribution in [1.29, 1.82) is 0 Å². The molecule has 0 spiro atoms. The number of hydrogen-bond donors (Lipinski definition) is 2.